The molecule has 0 fully saturated rings. The predicted octanol–water partition coefficient (Wildman–Crippen LogP) is 2.45. The number of nitriles is 1. The molecule has 0 aliphatic carbocycles. The molecule has 1 unspecified atom stereocenters. The van der Waals surface area contributed by atoms with Gasteiger partial charge in [-0.2, -0.15) is 5.26 Å². The number of carbonyl (C=O) groups excluding carboxylic acids is 1. The molecule has 0 spiro atoms. The Labute approximate surface area is 121 Å². The van der Waals surface area contributed by atoms with Crippen molar-refractivity contribution < 1.29 is 4.79 Å². The summed E-state index contributed by atoms with van der Waals surface area (Å²) in [6.45, 7) is 0.782. The van der Waals surface area contributed by atoms with Gasteiger partial charge < -0.3 is 10.6 Å². The molecule has 0 saturated heterocycles. The molecule has 1 aliphatic heterocycles. The Bertz CT molecular complexity index is 686. The fourth-order valence-electron chi connectivity index (χ4n) is 2.42. The maximum atomic E-state index is 12.4. The lowest BCUT2D eigenvalue weighted by Crippen LogP contribution is -2.38. The number of amides is 1. The van der Waals surface area contributed by atoms with Gasteiger partial charge in [0.05, 0.1) is 5.56 Å². The molecule has 0 saturated carbocycles. The van der Waals surface area contributed by atoms with Gasteiger partial charge in [-0.1, -0.05) is 24.3 Å². The van der Waals surface area contributed by atoms with Gasteiger partial charge >= 0.3 is 0 Å². The first-order valence-electron chi connectivity index (χ1n) is 6.39. The van der Waals surface area contributed by atoms with Crippen LogP contribution in [0.1, 0.15) is 22.7 Å². The smallest absolute Gasteiger partial charge is 0.246 e. The standard InChI is InChI=1S/C15H13N3OS/c16-9-11-6-8-20-15(11)18-14(19)13-12-4-2-1-3-10(12)5-7-17-13/h1-4,6,8,13,17H,5,7H2,(H,18,19). The molecule has 1 aliphatic rings. The maximum Gasteiger partial charge on any atom is 0.246 e. The summed E-state index contributed by atoms with van der Waals surface area (Å²) in [5.41, 5.74) is 2.73. The molecule has 1 aromatic carbocycles. The molecule has 2 heterocycles. The molecule has 2 N–H and O–H groups in total. The van der Waals surface area contributed by atoms with Crippen molar-refractivity contribution in [2.45, 2.75) is 12.5 Å². The topological polar surface area (TPSA) is 64.9 Å². The van der Waals surface area contributed by atoms with Crippen molar-refractivity contribution in [2.24, 2.45) is 0 Å². The van der Waals surface area contributed by atoms with E-state index in [1.165, 1.54) is 16.9 Å². The summed E-state index contributed by atoms with van der Waals surface area (Å²) < 4.78 is 0. The van der Waals surface area contributed by atoms with E-state index >= 15 is 0 Å². The predicted molar refractivity (Wildman–Crippen MR) is 78.6 cm³/mol. The zero-order valence-corrected chi connectivity index (χ0v) is 11.5. The fourth-order valence-corrected chi connectivity index (χ4v) is 3.16. The summed E-state index contributed by atoms with van der Waals surface area (Å²) in [7, 11) is 0. The van der Waals surface area contributed by atoms with Gasteiger partial charge in [0.2, 0.25) is 5.91 Å². The number of nitrogens with one attached hydrogen (secondary N) is 2. The second-order valence-electron chi connectivity index (χ2n) is 4.60. The highest BCUT2D eigenvalue weighted by molar-refractivity contribution is 7.14. The maximum absolute atomic E-state index is 12.4. The summed E-state index contributed by atoms with van der Waals surface area (Å²) in [5.74, 6) is -0.115. The average molecular weight is 283 g/mol. The van der Waals surface area contributed by atoms with Gasteiger partial charge in [-0.05, 0) is 29.0 Å². The molecule has 100 valence electrons. The van der Waals surface area contributed by atoms with Crippen molar-refractivity contribution in [3.8, 4) is 6.07 Å². The quantitative estimate of drug-likeness (QED) is 0.889. The summed E-state index contributed by atoms with van der Waals surface area (Å²) in [5, 5.41) is 17.5. The van der Waals surface area contributed by atoms with E-state index in [9.17, 15) is 4.79 Å². The zero-order chi connectivity index (χ0) is 13.9. The molecule has 3 rings (SSSR count). The molecule has 1 aromatic heterocycles. The Morgan fingerprint density at radius 1 is 1.40 bits per heavy atom. The van der Waals surface area contributed by atoms with E-state index in [-0.39, 0.29) is 11.9 Å². The lowest BCUT2D eigenvalue weighted by molar-refractivity contribution is -0.118. The van der Waals surface area contributed by atoms with Crippen LogP contribution in [0.5, 0.6) is 0 Å². The van der Waals surface area contributed by atoms with E-state index < -0.39 is 0 Å². The summed E-state index contributed by atoms with van der Waals surface area (Å²) >= 11 is 1.37. The minimum Gasteiger partial charge on any atom is -0.315 e. The number of anilines is 1. The van der Waals surface area contributed by atoms with Crippen LogP contribution in [0.25, 0.3) is 0 Å². The van der Waals surface area contributed by atoms with Gasteiger partial charge in [0.1, 0.15) is 17.1 Å². The molecule has 4 nitrogen and oxygen atoms in total. The van der Waals surface area contributed by atoms with Crippen LogP contribution < -0.4 is 10.6 Å². The van der Waals surface area contributed by atoms with Crippen LogP contribution in [0.4, 0.5) is 5.00 Å². The highest BCUT2D eigenvalue weighted by atomic mass is 32.1. The molecule has 2 aromatic rings. The molecular formula is C15H13N3OS. The van der Waals surface area contributed by atoms with Crippen molar-refractivity contribution in [1.82, 2.24) is 5.32 Å². The van der Waals surface area contributed by atoms with E-state index in [1.54, 1.807) is 11.4 Å². The number of nitrogens with zero attached hydrogens (tertiary/aromatic N) is 1. The fraction of sp³-hybridized carbons (Fsp3) is 0.200. The molecule has 0 bridgehead atoms. The minimum absolute atomic E-state index is 0.115. The van der Waals surface area contributed by atoms with Crippen LogP contribution in [-0.4, -0.2) is 12.5 Å². The van der Waals surface area contributed by atoms with Gasteiger partial charge in [-0.15, -0.1) is 11.3 Å². The number of carbonyl (C=O) groups is 1. The third kappa shape index (κ3) is 2.31. The van der Waals surface area contributed by atoms with Crippen molar-refractivity contribution in [2.75, 3.05) is 11.9 Å². The van der Waals surface area contributed by atoms with Crippen molar-refractivity contribution in [1.29, 1.82) is 5.26 Å². The lowest BCUT2D eigenvalue weighted by atomic mass is 9.94. The molecule has 20 heavy (non-hydrogen) atoms. The molecular weight excluding hydrogens is 270 g/mol. The van der Waals surface area contributed by atoms with Crippen molar-refractivity contribution in [3.05, 3.63) is 52.4 Å². The second-order valence-corrected chi connectivity index (χ2v) is 5.52. The summed E-state index contributed by atoms with van der Waals surface area (Å²) in [6.07, 6.45) is 0.933. The van der Waals surface area contributed by atoms with Gasteiger partial charge in [-0.3, -0.25) is 4.79 Å². The molecule has 5 heteroatoms. The Morgan fingerprint density at radius 3 is 3.10 bits per heavy atom. The van der Waals surface area contributed by atoms with Crippen LogP contribution in [0.3, 0.4) is 0 Å². The van der Waals surface area contributed by atoms with Crippen molar-refractivity contribution >= 4 is 22.2 Å². The highest BCUT2D eigenvalue weighted by Crippen LogP contribution is 2.27. The Kier molecular flexibility index (Phi) is 3.50. The van der Waals surface area contributed by atoms with E-state index in [0.717, 1.165) is 18.5 Å². The third-order valence-corrected chi connectivity index (χ3v) is 4.22. The molecule has 1 atom stereocenters. The number of hydrogen-bond acceptors (Lipinski definition) is 4. The van der Waals surface area contributed by atoms with Gasteiger partial charge in [-0.25, -0.2) is 0 Å². The van der Waals surface area contributed by atoms with E-state index in [0.29, 0.717) is 10.6 Å². The zero-order valence-electron chi connectivity index (χ0n) is 10.7. The summed E-state index contributed by atoms with van der Waals surface area (Å²) in [6, 6.07) is 11.4. The minimum atomic E-state index is -0.353. The lowest BCUT2D eigenvalue weighted by Gasteiger charge is -2.25. The van der Waals surface area contributed by atoms with Gasteiger partial charge in [0.25, 0.3) is 0 Å². The van der Waals surface area contributed by atoms with Gasteiger partial charge in [0.15, 0.2) is 0 Å². The summed E-state index contributed by atoms with van der Waals surface area (Å²) in [4.78, 5) is 12.4. The van der Waals surface area contributed by atoms with Gasteiger partial charge in [0, 0.05) is 6.54 Å². The van der Waals surface area contributed by atoms with E-state index in [1.807, 2.05) is 18.2 Å². The molecule has 0 radical (unpaired) electrons. The monoisotopic (exact) mass is 283 g/mol. The van der Waals surface area contributed by atoms with Crippen LogP contribution >= 0.6 is 11.3 Å². The number of fused-ring (bicyclic) bond motifs is 1. The number of rotatable bonds is 2. The number of benzene rings is 1. The van der Waals surface area contributed by atoms with E-state index in [2.05, 4.69) is 22.8 Å². The van der Waals surface area contributed by atoms with Crippen LogP contribution in [0, 0.1) is 11.3 Å². The Morgan fingerprint density at radius 2 is 2.25 bits per heavy atom. The second kappa shape index (κ2) is 5.45. The highest BCUT2D eigenvalue weighted by Gasteiger charge is 2.26. The first kappa shape index (κ1) is 12.9. The average Bonchev–Trinajstić information content (AvgIpc) is 2.93. The SMILES string of the molecule is N#Cc1ccsc1NC(=O)C1NCCc2ccccc21. The Hall–Kier alpha value is -2.16. The Balaban J connectivity index is 1.84. The third-order valence-electron chi connectivity index (χ3n) is 3.39. The first-order chi connectivity index (χ1) is 9.79. The number of thiophene rings is 1. The van der Waals surface area contributed by atoms with Crippen LogP contribution in [0.15, 0.2) is 35.7 Å². The van der Waals surface area contributed by atoms with Crippen molar-refractivity contribution in [3.63, 3.8) is 0 Å². The first-order valence-corrected chi connectivity index (χ1v) is 7.27. The van der Waals surface area contributed by atoms with E-state index in [4.69, 9.17) is 5.26 Å². The van der Waals surface area contributed by atoms with Crippen LogP contribution in [0.2, 0.25) is 0 Å². The van der Waals surface area contributed by atoms with Crippen LogP contribution in [-0.2, 0) is 11.2 Å². The molecule has 1 amide bonds. The number of hydrogen-bond donors (Lipinski definition) is 2. The normalized spacial score (nSPS) is 17.1. The largest absolute Gasteiger partial charge is 0.315 e.